The summed E-state index contributed by atoms with van der Waals surface area (Å²) in [6, 6.07) is 13.2. The molecular weight excluding hydrogens is 647 g/mol. The summed E-state index contributed by atoms with van der Waals surface area (Å²) in [4.78, 5) is 39.4. The van der Waals surface area contributed by atoms with Gasteiger partial charge in [-0.05, 0) is 71.4 Å². The number of fused-ring (bicyclic) bond motifs is 3. The van der Waals surface area contributed by atoms with E-state index in [1.807, 2.05) is 6.07 Å². The molecule has 1 amide bonds. The fourth-order valence-electron chi connectivity index (χ4n) is 5.70. The van der Waals surface area contributed by atoms with E-state index in [2.05, 4.69) is 15.6 Å². The summed E-state index contributed by atoms with van der Waals surface area (Å²) in [5.74, 6) is -2.51. The fourth-order valence-corrected chi connectivity index (χ4v) is 5.70. The van der Waals surface area contributed by atoms with Gasteiger partial charge in [0, 0.05) is 16.7 Å². The topological polar surface area (TPSA) is 143 Å². The third kappa shape index (κ3) is 7.32. The number of hydrogen-bond acceptors (Lipinski definition) is 10. The van der Waals surface area contributed by atoms with Crippen LogP contribution in [0.15, 0.2) is 57.6 Å². The van der Waals surface area contributed by atoms with E-state index in [0.717, 1.165) is 5.56 Å². The van der Waals surface area contributed by atoms with Crippen LogP contribution in [0, 0.1) is 0 Å². The first-order valence-corrected chi connectivity index (χ1v) is 15.8. The highest BCUT2D eigenvalue weighted by atomic mass is 19.4. The van der Waals surface area contributed by atoms with Crippen molar-refractivity contribution >= 4 is 18.0 Å². The summed E-state index contributed by atoms with van der Waals surface area (Å²) in [5.41, 5.74) is -1.40. The van der Waals surface area contributed by atoms with Crippen molar-refractivity contribution in [3.63, 3.8) is 0 Å². The van der Waals surface area contributed by atoms with Crippen molar-refractivity contribution in [3.8, 4) is 34.0 Å². The van der Waals surface area contributed by atoms with Crippen LogP contribution in [0.3, 0.4) is 0 Å². The van der Waals surface area contributed by atoms with Crippen LogP contribution in [0.2, 0.25) is 0 Å². The van der Waals surface area contributed by atoms with Crippen LogP contribution in [0.5, 0.6) is 0 Å². The first kappa shape index (κ1) is 35.2. The van der Waals surface area contributed by atoms with Crippen LogP contribution in [-0.2, 0) is 49.2 Å². The number of alkyl halides is 3. The van der Waals surface area contributed by atoms with Crippen molar-refractivity contribution in [2.75, 3.05) is 13.2 Å². The van der Waals surface area contributed by atoms with Gasteiger partial charge in [-0.1, -0.05) is 58.8 Å². The maximum Gasteiger partial charge on any atom is 0.422 e. The lowest BCUT2D eigenvalue weighted by Crippen LogP contribution is -2.62. The molecule has 4 aromatic rings. The van der Waals surface area contributed by atoms with E-state index in [-0.39, 0.29) is 37.4 Å². The smallest absolute Gasteiger partial charge is 0.422 e. The lowest BCUT2D eigenvalue weighted by Gasteiger charge is -2.31. The fraction of sp³-hybridized carbons (Fsp3) is 0.400. The Morgan fingerprint density at radius 2 is 1.49 bits per heavy atom. The number of esters is 2. The summed E-state index contributed by atoms with van der Waals surface area (Å²) in [6.07, 6.45) is -5.14. The number of benzene rings is 2. The number of alkyl carbamates (subject to hydrolysis) is 1. The van der Waals surface area contributed by atoms with E-state index in [9.17, 15) is 27.6 Å². The van der Waals surface area contributed by atoms with Gasteiger partial charge in [0.15, 0.2) is 17.2 Å². The highest BCUT2D eigenvalue weighted by molar-refractivity contribution is 6.07. The molecule has 2 heterocycles. The molecule has 2 aromatic heterocycles. The summed E-state index contributed by atoms with van der Waals surface area (Å²) < 4.78 is 69.6. The maximum absolute atomic E-state index is 14.4. The minimum absolute atomic E-state index is 0.0524. The Balaban J connectivity index is 1.45. The van der Waals surface area contributed by atoms with Gasteiger partial charge in [0.25, 0.3) is 0 Å². The van der Waals surface area contributed by atoms with E-state index >= 15 is 0 Å². The van der Waals surface area contributed by atoms with Crippen LogP contribution in [0.4, 0.5) is 18.0 Å². The molecule has 1 aliphatic carbocycles. The zero-order valence-electron chi connectivity index (χ0n) is 27.7. The minimum Gasteiger partial charge on any atom is -0.464 e. The minimum atomic E-state index is -4.79. The standard InChI is InChI=1S/C35H36F3N3O8/c1-6-45-30(42)34(31(43)46-7-2,39-32(44)47-33(3,4)5)18-17-20-13-15-23-22(19-20)14-16-24-26(23)40-49-29(24)27-25(35(36,37)38)28(48-41-27)21-11-9-8-10-12-21/h8-13,15,19H,6-7,14,16-18H2,1-5H3,(H,39,44). The summed E-state index contributed by atoms with van der Waals surface area (Å²) in [6.45, 7) is 7.96. The molecule has 0 fully saturated rings. The van der Waals surface area contributed by atoms with Crippen molar-refractivity contribution in [2.24, 2.45) is 0 Å². The number of carbonyl (C=O) groups is 3. The second-order valence-corrected chi connectivity index (χ2v) is 12.4. The molecule has 0 saturated heterocycles. The quantitative estimate of drug-likeness (QED) is 0.104. The molecule has 11 nitrogen and oxygen atoms in total. The van der Waals surface area contributed by atoms with Crippen molar-refractivity contribution < 1.29 is 50.8 Å². The van der Waals surface area contributed by atoms with Gasteiger partial charge in [-0.3, -0.25) is 5.32 Å². The van der Waals surface area contributed by atoms with E-state index in [1.54, 1.807) is 65.0 Å². The molecule has 0 unspecified atom stereocenters. The Labute approximate surface area is 280 Å². The van der Waals surface area contributed by atoms with Gasteiger partial charge >= 0.3 is 24.2 Å². The lowest BCUT2D eigenvalue weighted by molar-refractivity contribution is -0.166. The molecule has 0 atom stereocenters. The van der Waals surface area contributed by atoms with Crippen LogP contribution in [0.1, 0.15) is 63.3 Å². The molecule has 0 bridgehead atoms. The number of hydrogen-bond donors (Lipinski definition) is 1. The van der Waals surface area contributed by atoms with Gasteiger partial charge in [-0.25, -0.2) is 14.4 Å². The third-order valence-electron chi connectivity index (χ3n) is 7.83. The predicted octanol–water partition coefficient (Wildman–Crippen LogP) is 7.10. The highest BCUT2D eigenvalue weighted by Gasteiger charge is 2.51. The lowest BCUT2D eigenvalue weighted by atomic mass is 9.85. The molecule has 2 aromatic carbocycles. The second kappa shape index (κ2) is 13.8. The Hall–Kier alpha value is -5.14. The van der Waals surface area contributed by atoms with Crippen molar-refractivity contribution in [1.82, 2.24) is 15.6 Å². The molecule has 1 N–H and O–H groups in total. The second-order valence-electron chi connectivity index (χ2n) is 12.4. The van der Waals surface area contributed by atoms with Crippen LogP contribution in [-0.4, -0.2) is 52.7 Å². The Morgan fingerprint density at radius 3 is 2.10 bits per heavy atom. The zero-order valence-corrected chi connectivity index (χ0v) is 27.7. The number of rotatable bonds is 10. The van der Waals surface area contributed by atoms with Crippen molar-refractivity contribution in [3.05, 3.63) is 70.8 Å². The molecule has 5 rings (SSSR count). The highest BCUT2D eigenvalue weighted by Crippen LogP contribution is 2.46. The van der Waals surface area contributed by atoms with E-state index in [0.29, 0.717) is 35.2 Å². The van der Waals surface area contributed by atoms with Crippen LogP contribution < -0.4 is 5.32 Å². The van der Waals surface area contributed by atoms with E-state index in [1.165, 1.54) is 12.1 Å². The van der Waals surface area contributed by atoms with Crippen LogP contribution >= 0.6 is 0 Å². The normalized spacial score (nSPS) is 12.9. The van der Waals surface area contributed by atoms with Gasteiger partial charge in [0.1, 0.15) is 16.9 Å². The average Bonchev–Trinajstić information content (AvgIpc) is 3.68. The van der Waals surface area contributed by atoms with E-state index < -0.39 is 52.4 Å². The number of nitrogens with zero attached hydrogens (tertiary/aromatic N) is 2. The molecule has 260 valence electrons. The van der Waals surface area contributed by atoms with Crippen molar-refractivity contribution in [1.29, 1.82) is 0 Å². The number of nitrogens with one attached hydrogen (secondary N) is 1. The first-order valence-electron chi connectivity index (χ1n) is 15.8. The molecule has 49 heavy (non-hydrogen) atoms. The molecular formula is C35H36F3N3O8. The number of carbonyl (C=O) groups excluding carboxylic acids is 3. The molecule has 14 heteroatoms. The summed E-state index contributed by atoms with van der Waals surface area (Å²) >= 11 is 0. The maximum atomic E-state index is 14.4. The first-order chi connectivity index (χ1) is 23.2. The predicted molar refractivity (Wildman–Crippen MR) is 169 cm³/mol. The summed E-state index contributed by atoms with van der Waals surface area (Å²) in [7, 11) is 0. The van der Waals surface area contributed by atoms with Gasteiger partial charge < -0.3 is 23.3 Å². The Bertz CT molecular complexity index is 1820. The number of aromatic nitrogens is 2. The largest absolute Gasteiger partial charge is 0.464 e. The molecule has 1 aliphatic rings. The number of ether oxygens (including phenoxy) is 3. The number of halogens is 3. The van der Waals surface area contributed by atoms with Crippen LogP contribution in [0.25, 0.3) is 34.0 Å². The summed E-state index contributed by atoms with van der Waals surface area (Å²) in [5, 5.41) is 10.3. The van der Waals surface area contributed by atoms with Gasteiger partial charge in [-0.15, -0.1) is 0 Å². The Kier molecular flexibility index (Phi) is 9.88. The molecule has 0 aliphatic heterocycles. The zero-order chi connectivity index (χ0) is 35.6. The number of amides is 1. The van der Waals surface area contributed by atoms with Crippen molar-refractivity contribution in [2.45, 2.75) is 77.6 Å². The van der Waals surface area contributed by atoms with Gasteiger partial charge in [0.05, 0.1) is 13.2 Å². The van der Waals surface area contributed by atoms with Gasteiger partial charge in [0.2, 0.25) is 5.54 Å². The molecule has 0 saturated carbocycles. The SMILES string of the molecule is CCOC(=O)C(CCc1ccc2c(c1)CCc1c-2noc1-c1noc(-c2ccccc2)c1C(F)(F)F)(NC(=O)OC(C)(C)C)C(=O)OCC. The number of aryl methyl sites for hydroxylation is 2. The third-order valence-corrected chi connectivity index (χ3v) is 7.83. The van der Waals surface area contributed by atoms with E-state index in [4.69, 9.17) is 23.3 Å². The average molecular weight is 684 g/mol. The van der Waals surface area contributed by atoms with Gasteiger partial charge in [-0.2, -0.15) is 13.2 Å². The monoisotopic (exact) mass is 683 g/mol. The Morgan fingerprint density at radius 1 is 0.857 bits per heavy atom. The molecule has 0 radical (unpaired) electrons. The molecule has 0 spiro atoms.